The Balaban J connectivity index is 1.02. The van der Waals surface area contributed by atoms with E-state index >= 15 is 0 Å². The molecule has 2 aromatic heterocycles. The summed E-state index contributed by atoms with van der Waals surface area (Å²) in [5.41, 5.74) is 6.24. The van der Waals surface area contributed by atoms with E-state index < -0.39 is 0 Å². The van der Waals surface area contributed by atoms with Crippen LogP contribution in [0.15, 0.2) is 60.7 Å². The topological polar surface area (TPSA) is 109 Å². The Morgan fingerprint density at radius 3 is 1.44 bits per heavy atom. The Bertz CT molecular complexity index is 1920. The lowest BCUT2D eigenvalue weighted by molar-refractivity contribution is -0.120. The fourth-order valence-corrected chi connectivity index (χ4v) is 9.19. The molecule has 2 N–H and O–H groups in total. The maximum absolute atomic E-state index is 11.9. The number of nitrogens with zero attached hydrogens (tertiary/aromatic N) is 4. The average molecular weight is 742 g/mol. The van der Waals surface area contributed by atoms with Gasteiger partial charge in [0.25, 0.3) is 0 Å². The number of aromatic nitrogens is 2. The van der Waals surface area contributed by atoms with E-state index in [0.717, 1.165) is 85.2 Å². The van der Waals surface area contributed by atoms with Gasteiger partial charge < -0.3 is 20.1 Å². The van der Waals surface area contributed by atoms with Crippen molar-refractivity contribution in [3.63, 3.8) is 0 Å². The second-order valence-electron chi connectivity index (χ2n) is 14.6. The molecular weight excluding hydrogens is 699 g/mol. The second kappa shape index (κ2) is 14.0. The lowest BCUT2D eigenvalue weighted by Crippen LogP contribution is -2.43. The lowest BCUT2D eigenvalue weighted by atomic mass is 9.97. The maximum atomic E-state index is 11.9. The summed E-state index contributed by atoms with van der Waals surface area (Å²) in [4.78, 5) is 38.3. The van der Waals surface area contributed by atoms with Gasteiger partial charge in [-0.3, -0.25) is 19.4 Å². The minimum absolute atomic E-state index is 0.107. The van der Waals surface area contributed by atoms with E-state index in [-0.39, 0.29) is 22.9 Å². The molecule has 4 aromatic rings. The number of benzene rings is 2. The molecule has 12 heteroatoms. The van der Waals surface area contributed by atoms with Crippen LogP contribution in [0.4, 0.5) is 0 Å². The Labute approximate surface area is 313 Å². The number of ether oxygens (including phenoxy) is 2. The molecule has 270 valence electrons. The summed E-state index contributed by atoms with van der Waals surface area (Å²) in [6.45, 7) is 4.83. The lowest BCUT2D eigenvalue weighted by Gasteiger charge is -2.24. The first-order chi connectivity index (χ1) is 25.2. The summed E-state index contributed by atoms with van der Waals surface area (Å²) in [6, 6.07) is 19.8. The Morgan fingerprint density at radius 1 is 0.635 bits per heavy atom. The summed E-state index contributed by atoms with van der Waals surface area (Å²) >= 11 is 14.3. The molecule has 0 bridgehead atoms. The smallest absolute Gasteiger partial charge is 0.220 e. The van der Waals surface area contributed by atoms with Gasteiger partial charge in [-0.2, -0.15) is 0 Å². The summed E-state index contributed by atoms with van der Waals surface area (Å²) in [7, 11) is 3.27. The number of amides is 2. The molecule has 0 unspecified atom stereocenters. The van der Waals surface area contributed by atoms with Gasteiger partial charge in [0.1, 0.15) is 0 Å². The van der Waals surface area contributed by atoms with Crippen LogP contribution in [0.1, 0.15) is 49.7 Å². The molecule has 52 heavy (non-hydrogen) atoms. The van der Waals surface area contributed by atoms with Crippen molar-refractivity contribution in [2.45, 2.75) is 62.7 Å². The number of hydrogen-bond acceptors (Lipinski definition) is 8. The summed E-state index contributed by atoms with van der Waals surface area (Å²) in [5.74, 6) is 1.39. The van der Waals surface area contributed by atoms with Gasteiger partial charge in [-0.25, -0.2) is 9.97 Å². The predicted octanol–water partition coefficient (Wildman–Crippen LogP) is 6.51. The number of nitrogens with one attached hydrogen (secondary N) is 2. The van der Waals surface area contributed by atoms with Crippen LogP contribution >= 0.6 is 23.2 Å². The van der Waals surface area contributed by atoms with Gasteiger partial charge in [0, 0.05) is 85.5 Å². The molecule has 6 heterocycles. The summed E-state index contributed by atoms with van der Waals surface area (Å²) in [6.07, 6.45) is 4.89. The fourth-order valence-electron chi connectivity index (χ4n) is 8.54. The van der Waals surface area contributed by atoms with Crippen LogP contribution in [-0.4, -0.2) is 83.1 Å². The Kier molecular flexibility index (Phi) is 9.36. The number of methoxy groups -OCH3 is 2. The SMILES string of the molecule is COc1nc(-c2cccc(-c3cccc(-c4ccc(CN5CC[C@@]6(CCC(=O)N6)C5)c(OC)n4)c3Cl)c2Cl)ccc1CN1CC[C@@]2(CCC(=O)N2)C1. The van der Waals surface area contributed by atoms with Crippen molar-refractivity contribution < 1.29 is 19.1 Å². The Morgan fingerprint density at radius 2 is 1.06 bits per heavy atom. The molecule has 4 aliphatic heterocycles. The quantitative estimate of drug-likeness (QED) is 0.200. The molecule has 8 rings (SSSR count). The van der Waals surface area contributed by atoms with Gasteiger partial charge in [0.15, 0.2) is 0 Å². The van der Waals surface area contributed by atoms with E-state index in [9.17, 15) is 9.59 Å². The first-order valence-electron chi connectivity index (χ1n) is 17.9. The van der Waals surface area contributed by atoms with Gasteiger partial charge in [0.2, 0.25) is 23.6 Å². The van der Waals surface area contributed by atoms with Gasteiger partial charge in [-0.1, -0.05) is 71.7 Å². The molecule has 4 fully saturated rings. The number of carbonyl (C=O) groups is 2. The number of likely N-dealkylation sites (tertiary alicyclic amines) is 2. The molecule has 4 aliphatic rings. The Hall–Kier alpha value is -4.22. The van der Waals surface area contributed by atoms with Crippen molar-refractivity contribution >= 4 is 35.0 Å². The molecule has 2 spiro atoms. The minimum atomic E-state index is -0.107. The first kappa shape index (κ1) is 34.8. The second-order valence-corrected chi connectivity index (χ2v) is 15.4. The zero-order valence-corrected chi connectivity index (χ0v) is 30.9. The number of rotatable bonds is 9. The van der Waals surface area contributed by atoms with E-state index in [0.29, 0.717) is 59.1 Å². The van der Waals surface area contributed by atoms with E-state index in [2.05, 4.69) is 20.4 Å². The molecule has 0 radical (unpaired) electrons. The average Bonchev–Trinajstić information content (AvgIpc) is 3.93. The van der Waals surface area contributed by atoms with Crippen LogP contribution in [0.25, 0.3) is 33.6 Å². The third-order valence-corrected chi connectivity index (χ3v) is 12.0. The van der Waals surface area contributed by atoms with Crippen LogP contribution < -0.4 is 20.1 Å². The predicted molar refractivity (Wildman–Crippen MR) is 201 cm³/mol. The number of halogens is 2. The van der Waals surface area contributed by atoms with E-state index in [1.807, 2.05) is 60.7 Å². The number of pyridine rings is 2. The minimum Gasteiger partial charge on any atom is -0.481 e. The zero-order chi connectivity index (χ0) is 36.0. The van der Waals surface area contributed by atoms with Crippen molar-refractivity contribution in [2.24, 2.45) is 0 Å². The molecule has 2 atom stereocenters. The van der Waals surface area contributed by atoms with Crippen LogP contribution in [-0.2, 0) is 22.7 Å². The highest BCUT2D eigenvalue weighted by atomic mass is 35.5. The van der Waals surface area contributed by atoms with E-state index in [1.165, 1.54) is 0 Å². The molecular formula is C40H42Cl2N6O4. The van der Waals surface area contributed by atoms with Crippen molar-refractivity contribution in [3.05, 3.63) is 81.8 Å². The number of hydrogen-bond donors (Lipinski definition) is 2. The molecule has 2 aromatic carbocycles. The maximum Gasteiger partial charge on any atom is 0.220 e. The first-order valence-corrected chi connectivity index (χ1v) is 18.7. The van der Waals surface area contributed by atoms with Crippen LogP contribution in [0.5, 0.6) is 11.8 Å². The zero-order valence-electron chi connectivity index (χ0n) is 29.4. The highest BCUT2D eigenvalue weighted by Gasteiger charge is 2.44. The van der Waals surface area contributed by atoms with Crippen molar-refractivity contribution in [1.82, 2.24) is 30.4 Å². The van der Waals surface area contributed by atoms with E-state index in [1.54, 1.807) is 14.2 Å². The monoisotopic (exact) mass is 740 g/mol. The molecule has 4 saturated heterocycles. The normalized spacial score (nSPS) is 23.2. The molecule has 0 aliphatic carbocycles. The third-order valence-electron chi connectivity index (χ3n) is 11.2. The number of carbonyl (C=O) groups excluding carboxylic acids is 2. The summed E-state index contributed by atoms with van der Waals surface area (Å²) in [5, 5.41) is 7.47. The highest BCUT2D eigenvalue weighted by Crippen LogP contribution is 2.43. The standard InChI is InChI=1S/C40H42Cl2N6O4/c1-51-37-25(21-47-19-17-39(23-47)15-13-33(49)45-39)9-11-31(43-37)29-7-3-5-27(35(29)41)28-6-4-8-30(36(28)42)32-12-10-26(38(44-32)52-2)22-48-20-18-40(24-48)16-14-34(50)46-40/h3-12H,13-24H2,1-2H3,(H,45,49)(H,46,50)/t39-,40-/m0/s1. The largest absolute Gasteiger partial charge is 0.481 e. The van der Waals surface area contributed by atoms with E-state index in [4.69, 9.17) is 42.6 Å². The fraction of sp³-hybridized carbons (Fsp3) is 0.400. The highest BCUT2D eigenvalue weighted by molar-refractivity contribution is 6.39. The van der Waals surface area contributed by atoms with Crippen LogP contribution in [0, 0.1) is 0 Å². The molecule has 0 saturated carbocycles. The van der Waals surface area contributed by atoms with Gasteiger partial charge in [0.05, 0.1) is 46.7 Å². The van der Waals surface area contributed by atoms with Gasteiger partial charge in [-0.05, 0) is 37.8 Å². The van der Waals surface area contributed by atoms with Crippen LogP contribution in [0.3, 0.4) is 0 Å². The summed E-state index contributed by atoms with van der Waals surface area (Å²) < 4.78 is 11.5. The molecule has 10 nitrogen and oxygen atoms in total. The van der Waals surface area contributed by atoms with Gasteiger partial charge >= 0.3 is 0 Å². The van der Waals surface area contributed by atoms with Crippen molar-refractivity contribution in [1.29, 1.82) is 0 Å². The third kappa shape index (κ3) is 6.62. The van der Waals surface area contributed by atoms with Crippen molar-refractivity contribution in [3.8, 4) is 45.4 Å². The van der Waals surface area contributed by atoms with Crippen LogP contribution in [0.2, 0.25) is 10.0 Å². The molecule has 2 amide bonds. The van der Waals surface area contributed by atoms with Crippen molar-refractivity contribution in [2.75, 3.05) is 40.4 Å². The van der Waals surface area contributed by atoms with Gasteiger partial charge in [-0.15, -0.1) is 0 Å².